The molecule has 2 atom stereocenters. The third kappa shape index (κ3) is 2.44. The van der Waals surface area contributed by atoms with E-state index in [0.717, 1.165) is 19.4 Å². The van der Waals surface area contributed by atoms with E-state index in [-0.39, 0.29) is 5.92 Å². The van der Waals surface area contributed by atoms with Crippen LogP contribution in [0.2, 0.25) is 0 Å². The number of rotatable bonds is 2. The van der Waals surface area contributed by atoms with E-state index in [1.54, 1.807) is 0 Å². The predicted molar refractivity (Wildman–Crippen MR) is 76.2 cm³/mol. The summed E-state index contributed by atoms with van der Waals surface area (Å²) in [6.45, 7) is 2.80. The first-order valence-electron chi connectivity index (χ1n) is 7.31. The van der Waals surface area contributed by atoms with E-state index in [9.17, 15) is 4.79 Å². The summed E-state index contributed by atoms with van der Waals surface area (Å²) in [5.41, 5.74) is 2.51. The van der Waals surface area contributed by atoms with Gasteiger partial charge in [-0.1, -0.05) is 43.3 Å². The molecule has 1 aromatic carbocycles. The summed E-state index contributed by atoms with van der Waals surface area (Å²) in [5.74, 6) is 1.07. The lowest BCUT2D eigenvalue weighted by molar-refractivity contribution is -0.137. The molecule has 1 fully saturated rings. The fourth-order valence-electron chi connectivity index (χ4n) is 3.35. The van der Waals surface area contributed by atoms with E-state index >= 15 is 0 Å². The predicted octanol–water partition coefficient (Wildman–Crippen LogP) is 3.74. The van der Waals surface area contributed by atoms with Gasteiger partial charge in [0.2, 0.25) is 5.91 Å². The van der Waals surface area contributed by atoms with Crippen LogP contribution in [0.3, 0.4) is 0 Å². The van der Waals surface area contributed by atoms with Crippen LogP contribution in [0.4, 0.5) is 0 Å². The molecule has 0 N–H and O–H groups in total. The minimum atomic E-state index is 0.170. The molecule has 2 aliphatic rings. The average molecular weight is 255 g/mol. The van der Waals surface area contributed by atoms with Crippen LogP contribution in [0.25, 0.3) is 0 Å². The number of hydrogen-bond donors (Lipinski definition) is 0. The number of piperidine rings is 1. The Balaban J connectivity index is 1.87. The van der Waals surface area contributed by atoms with Crippen LogP contribution in [0.5, 0.6) is 0 Å². The molecule has 0 radical (unpaired) electrons. The lowest BCUT2D eigenvalue weighted by atomic mass is 9.80. The van der Waals surface area contributed by atoms with Gasteiger partial charge in [0.15, 0.2) is 0 Å². The van der Waals surface area contributed by atoms with Crippen molar-refractivity contribution in [1.82, 2.24) is 4.90 Å². The van der Waals surface area contributed by atoms with Crippen molar-refractivity contribution in [2.24, 2.45) is 11.8 Å². The number of fused-ring (bicyclic) bond motifs is 1. The molecular weight excluding hydrogens is 234 g/mol. The number of hydrogen-bond acceptors (Lipinski definition) is 1. The molecule has 1 aromatic rings. The van der Waals surface area contributed by atoms with Gasteiger partial charge in [0.1, 0.15) is 0 Å². The maximum absolute atomic E-state index is 12.5. The molecule has 0 saturated carbocycles. The fourth-order valence-corrected chi connectivity index (χ4v) is 3.35. The third-order valence-electron chi connectivity index (χ3n) is 4.35. The Morgan fingerprint density at radius 1 is 1.26 bits per heavy atom. The average Bonchev–Trinajstić information content (AvgIpc) is 2.45. The lowest BCUT2D eigenvalue weighted by Crippen LogP contribution is -2.43. The minimum absolute atomic E-state index is 0.170. The molecule has 2 nitrogen and oxygen atoms in total. The molecule has 1 amide bonds. The molecule has 19 heavy (non-hydrogen) atoms. The number of carbonyl (C=O) groups excluding carboxylic acids is 1. The van der Waals surface area contributed by atoms with Crippen LogP contribution in [-0.4, -0.2) is 10.8 Å². The Kier molecular flexibility index (Phi) is 3.41. The Labute approximate surface area is 115 Å². The highest BCUT2D eigenvalue weighted by Crippen LogP contribution is 2.38. The SMILES string of the molecule is CC1CC2CCCC=C2N(Cc2ccccc2)C1=O. The van der Waals surface area contributed by atoms with E-state index in [0.29, 0.717) is 11.8 Å². The summed E-state index contributed by atoms with van der Waals surface area (Å²) in [5, 5.41) is 0. The number of carbonyl (C=O) groups is 1. The first-order valence-corrected chi connectivity index (χ1v) is 7.31. The molecule has 2 unspecified atom stereocenters. The second-order valence-electron chi connectivity index (χ2n) is 5.80. The van der Waals surface area contributed by atoms with Gasteiger partial charge in [0.05, 0.1) is 6.54 Å². The standard InChI is InChI=1S/C17H21NO/c1-13-11-15-9-5-6-10-16(15)18(17(13)19)12-14-7-3-2-4-8-14/h2-4,7-8,10,13,15H,5-6,9,11-12H2,1H3. The molecular formula is C17H21NO. The molecule has 1 aliphatic heterocycles. The lowest BCUT2D eigenvalue weighted by Gasteiger charge is -2.40. The number of likely N-dealkylation sites (tertiary alicyclic amines) is 1. The van der Waals surface area contributed by atoms with Crippen molar-refractivity contribution in [3.05, 3.63) is 47.7 Å². The Bertz CT molecular complexity index is 491. The van der Waals surface area contributed by atoms with Gasteiger partial charge in [-0.2, -0.15) is 0 Å². The van der Waals surface area contributed by atoms with E-state index in [1.807, 2.05) is 23.1 Å². The Morgan fingerprint density at radius 3 is 2.84 bits per heavy atom. The van der Waals surface area contributed by atoms with Gasteiger partial charge < -0.3 is 4.90 Å². The molecule has 0 aromatic heterocycles. The molecule has 100 valence electrons. The second-order valence-corrected chi connectivity index (χ2v) is 5.80. The summed E-state index contributed by atoms with van der Waals surface area (Å²) >= 11 is 0. The smallest absolute Gasteiger partial charge is 0.229 e. The van der Waals surface area contributed by atoms with Gasteiger partial charge in [-0.05, 0) is 37.2 Å². The zero-order valence-electron chi connectivity index (χ0n) is 11.5. The highest BCUT2D eigenvalue weighted by atomic mass is 16.2. The highest BCUT2D eigenvalue weighted by molar-refractivity contribution is 5.81. The van der Waals surface area contributed by atoms with Crippen molar-refractivity contribution in [3.63, 3.8) is 0 Å². The topological polar surface area (TPSA) is 20.3 Å². The summed E-state index contributed by atoms with van der Waals surface area (Å²) in [6, 6.07) is 10.3. The Hall–Kier alpha value is -1.57. The van der Waals surface area contributed by atoms with Crippen LogP contribution in [0, 0.1) is 11.8 Å². The van der Waals surface area contributed by atoms with Gasteiger partial charge in [0, 0.05) is 11.6 Å². The zero-order valence-corrected chi connectivity index (χ0v) is 11.5. The maximum Gasteiger partial charge on any atom is 0.229 e. The largest absolute Gasteiger partial charge is 0.312 e. The number of amides is 1. The monoisotopic (exact) mass is 255 g/mol. The van der Waals surface area contributed by atoms with E-state index < -0.39 is 0 Å². The first-order chi connectivity index (χ1) is 9.25. The van der Waals surface area contributed by atoms with Gasteiger partial charge in [-0.15, -0.1) is 0 Å². The quantitative estimate of drug-likeness (QED) is 0.788. The van der Waals surface area contributed by atoms with Gasteiger partial charge in [0.25, 0.3) is 0 Å². The van der Waals surface area contributed by atoms with Crippen LogP contribution in [0.15, 0.2) is 42.1 Å². The van der Waals surface area contributed by atoms with E-state index in [1.165, 1.54) is 24.1 Å². The van der Waals surface area contributed by atoms with E-state index in [4.69, 9.17) is 0 Å². The molecule has 2 heteroatoms. The molecule has 1 aliphatic carbocycles. The summed E-state index contributed by atoms with van der Waals surface area (Å²) in [7, 11) is 0. The third-order valence-corrected chi connectivity index (χ3v) is 4.35. The second kappa shape index (κ2) is 5.20. The Morgan fingerprint density at radius 2 is 2.05 bits per heavy atom. The van der Waals surface area contributed by atoms with Crippen molar-refractivity contribution in [1.29, 1.82) is 0 Å². The van der Waals surface area contributed by atoms with Crippen LogP contribution in [-0.2, 0) is 11.3 Å². The number of nitrogens with zero attached hydrogens (tertiary/aromatic N) is 1. The summed E-state index contributed by atoms with van der Waals surface area (Å²) < 4.78 is 0. The normalized spacial score (nSPS) is 26.9. The number of benzene rings is 1. The minimum Gasteiger partial charge on any atom is -0.312 e. The molecule has 0 bridgehead atoms. The maximum atomic E-state index is 12.5. The van der Waals surface area contributed by atoms with Crippen molar-refractivity contribution >= 4 is 5.91 Å². The fraction of sp³-hybridized carbons (Fsp3) is 0.471. The van der Waals surface area contributed by atoms with Gasteiger partial charge >= 0.3 is 0 Å². The molecule has 1 saturated heterocycles. The van der Waals surface area contributed by atoms with Gasteiger partial charge in [-0.3, -0.25) is 4.79 Å². The van der Waals surface area contributed by atoms with Crippen molar-refractivity contribution in [3.8, 4) is 0 Å². The first kappa shape index (κ1) is 12.5. The van der Waals surface area contributed by atoms with Crippen LogP contribution in [0.1, 0.15) is 38.2 Å². The van der Waals surface area contributed by atoms with Crippen LogP contribution >= 0.6 is 0 Å². The molecule has 0 spiro atoms. The van der Waals surface area contributed by atoms with Gasteiger partial charge in [-0.25, -0.2) is 0 Å². The molecule has 3 rings (SSSR count). The van der Waals surface area contributed by atoms with Crippen molar-refractivity contribution in [2.45, 2.75) is 39.2 Å². The zero-order chi connectivity index (χ0) is 13.2. The summed E-state index contributed by atoms with van der Waals surface area (Å²) in [4.78, 5) is 14.5. The number of allylic oxidation sites excluding steroid dienone is 2. The van der Waals surface area contributed by atoms with Crippen molar-refractivity contribution < 1.29 is 4.79 Å². The van der Waals surface area contributed by atoms with Crippen molar-refractivity contribution in [2.75, 3.05) is 0 Å². The van der Waals surface area contributed by atoms with Crippen LogP contribution < -0.4 is 0 Å². The summed E-state index contributed by atoms with van der Waals surface area (Å²) in [6.07, 6.45) is 6.97. The molecule has 1 heterocycles. The van der Waals surface area contributed by atoms with E-state index in [2.05, 4.69) is 25.1 Å². The highest BCUT2D eigenvalue weighted by Gasteiger charge is 2.36.